The summed E-state index contributed by atoms with van der Waals surface area (Å²) in [6.45, 7) is 0.700. The third-order valence-electron chi connectivity index (χ3n) is 3.13. The highest BCUT2D eigenvalue weighted by atomic mass is 32.2. The lowest BCUT2D eigenvalue weighted by Crippen LogP contribution is -2.08. The van der Waals surface area contributed by atoms with Crippen LogP contribution in [-0.2, 0) is 27.1 Å². The lowest BCUT2D eigenvalue weighted by atomic mass is 10.1. The van der Waals surface area contributed by atoms with Gasteiger partial charge in [0.05, 0.1) is 19.5 Å². The summed E-state index contributed by atoms with van der Waals surface area (Å²) >= 11 is 0. The van der Waals surface area contributed by atoms with E-state index in [0.29, 0.717) is 13.0 Å². The number of hydrogen-bond donors (Lipinski definition) is 0. The molecule has 0 fully saturated rings. The molecular formula is C17H20O4S. The van der Waals surface area contributed by atoms with Gasteiger partial charge >= 0.3 is 0 Å². The molecule has 0 aromatic heterocycles. The van der Waals surface area contributed by atoms with Crippen LogP contribution >= 0.6 is 0 Å². The minimum absolute atomic E-state index is 0.123. The summed E-state index contributed by atoms with van der Waals surface area (Å²) < 4.78 is 32.6. The van der Waals surface area contributed by atoms with Crippen molar-refractivity contribution in [2.45, 2.75) is 12.8 Å². The molecule has 0 amide bonds. The van der Waals surface area contributed by atoms with Gasteiger partial charge in [-0.1, -0.05) is 48.5 Å². The summed E-state index contributed by atoms with van der Waals surface area (Å²) in [6, 6.07) is 17.7. The van der Waals surface area contributed by atoms with Crippen LogP contribution in [0.3, 0.4) is 0 Å². The molecule has 2 aromatic carbocycles. The fraction of sp³-hybridized carbons (Fsp3) is 0.294. The van der Waals surface area contributed by atoms with Crippen molar-refractivity contribution in [3.63, 3.8) is 0 Å². The van der Waals surface area contributed by atoms with Crippen molar-refractivity contribution in [1.82, 2.24) is 0 Å². The molecule has 0 N–H and O–H groups in total. The van der Waals surface area contributed by atoms with Gasteiger partial charge in [0.1, 0.15) is 5.75 Å². The second-order valence-electron chi connectivity index (χ2n) is 4.97. The average molecular weight is 320 g/mol. The minimum Gasteiger partial charge on any atom is -0.493 e. The van der Waals surface area contributed by atoms with Crippen LogP contribution in [0.2, 0.25) is 0 Å². The zero-order chi connectivity index (χ0) is 15.8. The van der Waals surface area contributed by atoms with Gasteiger partial charge in [-0.3, -0.25) is 4.18 Å². The van der Waals surface area contributed by atoms with Crippen molar-refractivity contribution >= 4 is 10.1 Å². The van der Waals surface area contributed by atoms with Crippen LogP contribution < -0.4 is 4.74 Å². The van der Waals surface area contributed by atoms with Crippen LogP contribution in [0, 0.1) is 0 Å². The zero-order valence-electron chi connectivity index (χ0n) is 12.6. The standard InChI is InChI=1S/C17H20O4S/c1-22(18,19)21-14-12-16-9-5-6-10-17(16)20-13-11-15-7-3-2-4-8-15/h2-10H,11-14H2,1H3. The first kappa shape index (κ1) is 16.5. The Morgan fingerprint density at radius 3 is 2.27 bits per heavy atom. The quantitative estimate of drug-likeness (QED) is 0.702. The van der Waals surface area contributed by atoms with Crippen LogP contribution in [0.1, 0.15) is 11.1 Å². The monoisotopic (exact) mass is 320 g/mol. The molecule has 0 heterocycles. The third kappa shape index (κ3) is 5.87. The Kier molecular flexibility index (Phi) is 5.98. The molecule has 0 bridgehead atoms. The van der Waals surface area contributed by atoms with Crippen molar-refractivity contribution < 1.29 is 17.3 Å². The molecule has 4 nitrogen and oxygen atoms in total. The highest BCUT2D eigenvalue weighted by Gasteiger charge is 2.06. The Bertz CT molecular complexity index is 681. The SMILES string of the molecule is CS(=O)(=O)OCCc1ccccc1OCCc1ccccc1. The number of rotatable bonds is 8. The maximum atomic E-state index is 11.0. The van der Waals surface area contributed by atoms with E-state index in [1.165, 1.54) is 5.56 Å². The van der Waals surface area contributed by atoms with E-state index in [0.717, 1.165) is 24.0 Å². The lowest BCUT2D eigenvalue weighted by molar-refractivity contribution is 0.305. The number of benzene rings is 2. The van der Waals surface area contributed by atoms with Gasteiger partial charge in [0.25, 0.3) is 10.1 Å². The predicted octanol–water partition coefficient (Wildman–Crippen LogP) is 2.83. The largest absolute Gasteiger partial charge is 0.493 e. The summed E-state index contributed by atoms with van der Waals surface area (Å²) in [5, 5.41) is 0. The van der Waals surface area contributed by atoms with Crippen molar-refractivity contribution in [2.75, 3.05) is 19.5 Å². The van der Waals surface area contributed by atoms with Crippen molar-refractivity contribution in [3.8, 4) is 5.75 Å². The maximum Gasteiger partial charge on any atom is 0.264 e. The average Bonchev–Trinajstić information content (AvgIpc) is 2.49. The van der Waals surface area contributed by atoms with E-state index >= 15 is 0 Å². The highest BCUT2D eigenvalue weighted by Crippen LogP contribution is 2.19. The van der Waals surface area contributed by atoms with Crippen molar-refractivity contribution in [2.24, 2.45) is 0 Å². The molecule has 0 saturated carbocycles. The molecule has 0 atom stereocenters. The maximum absolute atomic E-state index is 11.0. The molecule has 0 saturated heterocycles. The van der Waals surface area contributed by atoms with Gasteiger partial charge in [-0.05, 0) is 17.2 Å². The Morgan fingerprint density at radius 2 is 1.55 bits per heavy atom. The first-order chi connectivity index (χ1) is 10.5. The van der Waals surface area contributed by atoms with E-state index in [1.54, 1.807) is 0 Å². The molecule has 0 radical (unpaired) electrons. The zero-order valence-corrected chi connectivity index (χ0v) is 13.4. The molecule has 5 heteroatoms. The normalized spacial score (nSPS) is 11.3. The van der Waals surface area contributed by atoms with Gasteiger partial charge < -0.3 is 4.74 Å². The van der Waals surface area contributed by atoms with Gasteiger partial charge in [0.15, 0.2) is 0 Å². The second kappa shape index (κ2) is 7.96. The topological polar surface area (TPSA) is 52.6 Å². The Hall–Kier alpha value is -1.85. The van der Waals surface area contributed by atoms with Gasteiger partial charge in [-0.15, -0.1) is 0 Å². The van der Waals surface area contributed by atoms with Crippen LogP contribution in [0.15, 0.2) is 54.6 Å². The fourth-order valence-corrected chi connectivity index (χ4v) is 2.46. The smallest absolute Gasteiger partial charge is 0.264 e. The van der Waals surface area contributed by atoms with E-state index < -0.39 is 10.1 Å². The van der Waals surface area contributed by atoms with Gasteiger partial charge in [0.2, 0.25) is 0 Å². The Balaban J connectivity index is 1.88. The lowest BCUT2D eigenvalue weighted by Gasteiger charge is -2.11. The molecule has 0 aliphatic rings. The van der Waals surface area contributed by atoms with Gasteiger partial charge in [-0.2, -0.15) is 8.42 Å². The summed E-state index contributed by atoms with van der Waals surface area (Å²) in [4.78, 5) is 0. The molecule has 0 spiro atoms. The van der Waals surface area contributed by atoms with E-state index in [9.17, 15) is 8.42 Å². The predicted molar refractivity (Wildman–Crippen MR) is 86.6 cm³/mol. The van der Waals surface area contributed by atoms with Crippen LogP contribution in [0.4, 0.5) is 0 Å². The Labute approximate surface area is 131 Å². The summed E-state index contributed by atoms with van der Waals surface area (Å²) in [5.41, 5.74) is 2.17. The van der Waals surface area contributed by atoms with E-state index in [-0.39, 0.29) is 6.61 Å². The molecular weight excluding hydrogens is 300 g/mol. The Morgan fingerprint density at radius 1 is 0.864 bits per heavy atom. The highest BCUT2D eigenvalue weighted by molar-refractivity contribution is 7.85. The molecule has 0 unspecified atom stereocenters. The first-order valence-corrected chi connectivity index (χ1v) is 8.95. The van der Waals surface area contributed by atoms with E-state index in [1.807, 2.05) is 42.5 Å². The first-order valence-electron chi connectivity index (χ1n) is 7.13. The molecule has 2 aromatic rings. The number of hydrogen-bond acceptors (Lipinski definition) is 4. The second-order valence-corrected chi connectivity index (χ2v) is 6.61. The summed E-state index contributed by atoms with van der Waals surface area (Å²) in [6.07, 6.45) is 2.37. The molecule has 0 aliphatic heterocycles. The van der Waals surface area contributed by atoms with E-state index in [2.05, 4.69) is 12.1 Å². The molecule has 0 aliphatic carbocycles. The van der Waals surface area contributed by atoms with Gasteiger partial charge in [0, 0.05) is 12.8 Å². The number of para-hydroxylation sites is 1. The van der Waals surface area contributed by atoms with Crippen LogP contribution in [-0.4, -0.2) is 27.9 Å². The number of ether oxygens (including phenoxy) is 1. The molecule has 118 valence electrons. The van der Waals surface area contributed by atoms with Crippen molar-refractivity contribution in [1.29, 1.82) is 0 Å². The summed E-state index contributed by atoms with van der Waals surface area (Å²) in [7, 11) is -3.40. The third-order valence-corrected chi connectivity index (χ3v) is 3.73. The molecule has 22 heavy (non-hydrogen) atoms. The summed E-state index contributed by atoms with van der Waals surface area (Å²) in [5.74, 6) is 0.774. The minimum atomic E-state index is -3.40. The molecule has 2 rings (SSSR count). The van der Waals surface area contributed by atoms with Crippen LogP contribution in [0.25, 0.3) is 0 Å². The van der Waals surface area contributed by atoms with E-state index in [4.69, 9.17) is 8.92 Å². The van der Waals surface area contributed by atoms with Crippen LogP contribution in [0.5, 0.6) is 5.75 Å². The van der Waals surface area contributed by atoms with Gasteiger partial charge in [-0.25, -0.2) is 0 Å². The van der Waals surface area contributed by atoms with Crippen molar-refractivity contribution in [3.05, 3.63) is 65.7 Å². The fourth-order valence-electron chi connectivity index (χ4n) is 2.08.